The first-order chi connectivity index (χ1) is 13.3. The first-order valence-corrected chi connectivity index (χ1v) is 8.56. The first kappa shape index (κ1) is 21.3. The van der Waals surface area contributed by atoms with Crippen molar-refractivity contribution in [3.63, 3.8) is 0 Å². The molecule has 0 spiro atoms. The van der Waals surface area contributed by atoms with Gasteiger partial charge in [0.25, 0.3) is 0 Å². The third kappa shape index (κ3) is 5.73. The van der Waals surface area contributed by atoms with Crippen LogP contribution < -0.4 is 4.74 Å². The second-order valence-electron chi connectivity index (χ2n) is 6.14. The molecule has 28 heavy (non-hydrogen) atoms. The Morgan fingerprint density at radius 1 is 1.07 bits per heavy atom. The van der Waals surface area contributed by atoms with Gasteiger partial charge in [-0.1, -0.05) is 18.2 Å². The highest BCUT2D eigenvalue weighted by atomic mass is 19.2. The van der Waals surface area contributed by atoms with E-state index in [2.05, 4.69) is 0 Å². The summed E-state index contributed by atoms with van der Waals surface area (Å²) < 4.78 is 45.6. The Morgan fingerprint density at radius 3 is 2.46 bits per heavy atom. The number of ether oxygens (including phenoxy) is 1. The third-order valence-electron chi connectivity index (χ3n) is 4.18. The van der Waals surface area contributed by atoms with Crippen LogP contribution in [-0.4, -0.2) is 35.5 Å². The number of methoxy groups -OCH3 is 1. The molecular formula is C20H20F3NO4. The van der Waals surface area contributed by atoms with Crippen molar-refractivity contribution in [3.05, 3.63) is 65.0 Å². The maximum absolute atomic E-state index is 14.2. The van der Waals surface area contributed by atoms with Crippen molar-refractivity contribution in [2.45, 2.75) is 25.8 Å². The standard InChI is InChI=1S/C20H20F3NO4/c1-28-17-4-2-3-14(20(17)23)6-8-18(25)24(10-9-19(26)27)12-13-5-7-15(21)16(22)11-13/h2-5,7,11H,6,8-10,12H2,1H3,(H,26,27). The number of aryl methyl sites for hydroxylation is 1. The Morgan fingerprint density at radius 2 is 1.82 bits per heavy atom. The van der Waals surface area contributed by atoms with Crippen LogP contribution in [0.1, 0.15) is 24.0 Å². The fourth-order valence-electron chi connectivity index (χ4n) is 2.69. The van der Waals surface area contributed by atoms with Crippen molar-refractivity contribution in [1.29, 1.82) is 0 Å². The average Bonchev–Trinajstić information content (AvgIpc) is 2.66. The fourth-order valence-corrected chi connectivity index (χ4v) is 2.69. The van der Waals surface area contributed by atoms with Gasteiger partial charge in [0.2, 0.25) is 5.91 Å². The average molecular weight is 395 g/mol. The lowest BCUT2D eigenvalue weighted by Gasteiger charge is -2.22. The molecule has 0 saturated heterocycles. The number of amides is 1. The van der Waals surface area contributed by atoms with Gasteiger partial charge in [-0.15, -0.1) is 0 Å². The van der Waals surface area contributed by atoms with Crippen molar-refractivity contribution in [2.24, 2.45) is 0 Å². The molecule has 2 aromatic carbocycles. The second-order valence-corrected chi connectivity index (χ2v) is 6.14. The predicted molar refractivity (Wildman–Crippen MR) is 95.3 cm³/mol. The molecule has 150 valence electrons. The minimum Gasteiger partial charge on any atom is -0.494 e. The summed E-state index contributed by atoms with van der Waals surface area (Å²) in [5.41, 5.74) is 0.615. The zero-order valence-corrected chi connectivity index (χ0v) is 15.3. The van der Waals surface area contributed by atoms with Gasteiger partial charge < -0.3 is 14.7 Å². The topological polar surface area (TPSA) is 66.8 Å². The van der Waals surface area contributed by atoms with Gasteiger partial charge in [0, 0.05) is 19.5 Å². The summed E-state index contributed by atoms with van der Waals surface area (Å²) in [4.78, 5) is 24.7. The number of aliphatic carboxylic acids is 1. The monoisotopic (exact) mass is 395 g/mol. The van der Waals surface area contributed by atoms with E-state index in [0.29, 0.717) is 11.1 Å². The number of nitrogens with zero attached hydrogens (tertiary/aromatic N) is 1. The summed E-state index contributed by atoms with van der Waals surface area (Å²) in [6.07, 6.45) is -0.292. The fraction of sp³-hybridized carbons (Fsp3) is 0.300. The van der Waals surface area contributed by atoms with Gasteiger partial charge in [0.05, 0.1) is 13.5 Å². The number of carboxylic acid groups (broad SMARTS) is 1. The smallest absolute Gasteiger partial charge is 0.305 e. The van der Waals surface area contributed by atoms with Gasteiger partial charge in [0.1, 0.15) is 0 Å². The molecule has 0 unspecified atom stereocenters. The highest BCUT2D eigenvalue weighted by Crippen LogP contribution is 2.21. The maximum Gasteiger partial charge on any atom is 0.305 e. The molecule has 0 fully saturated rings. The molecule has 2 aromatic rings. The number of carbonyl (C=O) groups excluding carboxylic acids is 1. The summed E-state index contributed by atoms with van der Waals surface area (Å²) >= 11 is 0. The van der Waals surface area contributed by atoms with E-state index >= 15 is 0 Å². The lowest BCUT2D eigenvalue weighted by molar-refractivity contribution is -0.138. The molecule has 0 aromatic heterocycles. The van der Waals surface area contributed by atoms with E-state index in [1.165, 1.54) is 30.2 Å². The van der Waals surface area contributed by atoms with E-state index in [-0.39, 0.29) is 38.1 Å². The van der Waals surface area contributed by atoms with Crippen molar-refractivity contribution >= 4 is 11.9 Å². The molecule has 0 aliphatic carbocycles. The highest BCUT2D eigenvalue weighted by molar-refractivity contribution is 5.77. The molecule has 1 N–H and O–H groups in total. The molecule has 8 heteroatoms. The zero-order valence-electron chi connectivity index (χ0n) is 15.3. The van der Waals surface area contributed by atoms with E-state index in [9.17, 15) is 22.8 Å². The van der Waals surface area contributed by atoms with Crippen LogP contribution in [0.4, 0.5) is 13.2 Å². The first-order valence-electron chi connectivity index (χ1n) is 8.56. The number of hydrogen-bond donors (Lipinski definition) is 1. The van der Waals surface area contributed by atoms with Crippen molar-refractivity contribution in [2.75, 3.05) is 13.7 Å². The van der Waals surface area contributed by atoms with Crippen LogP contribution in [0.2, 0.25) is 0 Å². The summed E-state index contributed by atoms with van der Waals surface area (Å²) in [6, 6.07) is 7.81. The number of hydrogen-bond acceptors (Lipinski definition) is 3. The number of halogens is 3. The van der Waals surface area contributed by atoms with Gasteiger partial charge in [0.15, 0.2) is 23.2 Å². The molecular weight excluding hydrogens is 375 g/mol. The molecule has 0 aliphatic rings. The largest absolute Gasteiger partial charge is 0.494 e. The summed E-state index contributed by atoms with van der Waals surface area (Å²) in [5, 5.41) is 8.88. The van der Waals surface area contributed by atoms with E-state index in [1.54, 1.807) is 6.07 Å². The summed E-state index contributed by atoms with van der Waals surface area (Å²) in [6.45, 7) is -0.183. The molecule has 2 rings (SSSR count). The lowest BCUT2D eigenvalue weighted by atomic mass is 10.1. The normalized spacial score (nSPS) is 10.6. The quantitative estimate of drug-likeness (QED) is 0.705. The Labute approximate surface area is 160 Å². The maximum atomic E-state index is 14.2. The van der Waals surface area contributed by atoms with Crippen LogP contribution >= 0.6 is 0 Å². The second kappa shape index (κ2) is 9.77. The van der Waals surface area contributed by atoms with Crippen molar-refractivity contribution in [3.8, 4) is 5.75 Å². The third-order valence-corrected chi connectivity index (χ3v) is 4.18. The lowest BCUT2D eigenvalue weighted by Crippen LogP contribution is -2.33. The van der Waals surface area contributed by atoms with Crippen LogP contribution in [-0.2, 0) is 22.6 Å². The minimum absolute atomic E-state index is 0.0643. The summed E-state index contributed by atoms with van der Waals surface area (Å²) in [5.74, 6) is -4.08. The summed E-state index contributed by atoms with van der Waals surface area (Å²) in [7, 11) is 1.34. The Balaban J connectivity index is 2.10. The van der Waals surface area contributed by atoms with Crippen LogP contribution in [0.5, 0.6) is 5.75 Å². The molecule has 0 heterocycles. The van der Waals surface area contributed by atoms with E-state index < -0.39 is 29.3 Å². The SMILES string of the molecule is COc1cccc(CCC(=O)N(CCC(=O)O)Cc2ccc(F)c(F)c2)c1F. The number of benzene rings is 2. The van der Waals surface area contributed by atoms with Gasteiger partial charge in [-0.2, -0.15) is 0 Å². The number of rotatable bonds is 9. The Bertz CT molecular complexity index is 857. The molecule has 0 saturated carbocycles. The number of carbonyl (C=O) groups is 2. The van der Waals surface area contributed by atoms with Crippen molar-refractivity contribution in [1.82, 2.24) is 4.90 Å². The van der Waals surface area contributed by atoms with Gasteiger partial charge in [-0.3, -0.25) is 9.59 Å². The van der Waals surface area contributed by atoms with Gasteiger partial charge in [-0.25, -0.2) is 13.2 Å². The van der Waals surface area contributed by atoms with E-state index in [0.717, 1.165) is 12.1 Å². The Hall–Kier alpha value is -3.03. The van der Waals surface area contributed by atoms with E-state index in [4.69, 9.17) is 9.84 Å². The molecule has 1 amide bonds. The number of carboxylic acids is 1. The van der Waals surface area contributed by atoms with E-state index in [1.807, 2.05) is 0 Å². The predicted octanol–water partition coefficient (Wildman–Crippen LogP) is 3.55. The van der Waals surface area contributed by atoms with Crippen molar-refractivity contribution < 1.29 is 32.6 Å². The Kier molecular flexibility index (Phi) is 7.43. The van der Waals surface area contributed by atoms with Gasteiger partial charge in [-0.05, 0) is 35.7 Å². The van der Waals surface area contributed by atoms with Crippen LogP contribution in [0, 0.1) is 17.5 Å². The molecule has 0 radical (unpaired) electrons. The minimum atomic E-state index is -1.10. The zero-order chi connectivity index (χ0) is 20.7. The molecule has 5 nitrogen and oxygen atoms in total. The van der Waals surface area contributed by atoms with Crippen LogP contribution in [0.3, 0.4) is 0 Å². The van der Waals surface area contributed by atoms with Crippen LogP contribution in [0.25, 0.3) is 0 Å². The van der Waals surface area contributed by atoms with Crippen LogP contribution in [0.15, 0.2) is 36.4 Å². The molecule has 0 aliphatic heterocycles. The van der Waals surface area contributed by atoms with Gasteiger partial charge >= 0.3 is 5.97 Å². The molecule has 0 bridgehead atoms. The highest BCUT2D eigenvalue weighted by Gasteiger charge is 2.18. The molecule has 0 atom stereocenters.